The molecule has 2 unspecified atom stereocenters. The zero-order valence-corrected chi connectivity index (χ0v) is 36.6. The first-order valence-corrected chi connectivity index (χ1v) is 22.0. The molecular formula is C31H35BrClF4N8O12PS2. The number of methoxy groups -OCH3 is 1. The lowest BCUT2D eigenvalue weighted by Crippen LogP contribution is -2.35. The van der Waals surface area contributed by atoms with Crippen molar-refractivity contribution in [3.8, 4) is 17.3 Å². The number of nitrogens with two attached hydrogens (primary N) is 1. The van der Waals surface area contributed by atoms with E-state index in [1.165, 1.54) is 26.1 Å². The Labute approximate surface area is 355 Å². The number of aryl methyl sites for hydroxylation is 2. The van der Waals surface area contributed by atoms with Gasteiger partial charge < -0.3 is 30.3 Å². The molecule has 1 aromatic carbocycles. The number of halogens is 6. The standard InChI is InChI=1S/C15H12BrClF4N2O2.C11H11N5O6S2.C5H12NO4P/c1-6(2)25-14(24)7-4-8(10(18)5-9(7)17)12-11(16)13(15(19,20)21)23(3)22-12;1-5-12-9(15-11(13-5)22-2)14-10(19)16-24(20,21)6-3-4-23-7(6)8(17)18;1-11(9,10)3-2-4(6)5(7)8/h4-6H,1-3H3;3-4H,1-2H3,(H,17,18)(H2,12,13,14,15,16,19);4H,2-3,6H2,1H3,(H,7,8)(H,9,10). The second kappa shape index (κ2) is 21.1. The first kappa shape index (κ1) is 51.4. The van der Waals surface area contributed by atoms with E-state index in [1.807, 2.05) is 0 Å². The van der Waals surface area contributed by atoms with Gasteiger partial charge in [0.15, 0.2) is 13.1 Å². The maximum atomic E-state index is 14.3. The number of carboxylic acids is 2. The molecule has 0 spiro atoms. The van der Waals surface area contributed by atoms with Gasteiger partial charge in [0.2, 0.25) is 5.95 Å². The number of sulfonamides is 1. The fourth-order valence-corrected chi connectivity index (χ4v) is 8.15. The molecule has 3 aromatic heterocycles. The summed E-state index contributed by atoms with van der Waals surface area (Å²) in [7, 11) is -5.08. The highest BCUT2D eigenvalue weighted by Crippen LogP contribution is 2.41. The van der Waals surface area contributed by atoms with Crippen molar-refractivity contribution in [3.63, 3.8) is 0 Å². The molecule has 60 heavy (non-hydrogen) atoms. The van der Waals surface area contributed by atoms with E-state index in [4.69, 9.17) is 41.9 Å². The van der Waals surface area contributed by atoms with E-state index in [2.05, 4.69) is 41.3 Å². The number of hydrogen-bond acceptors (Lipinski definition) is 15. The Balaban J connectivity index is 0.000000334. The summed E-state index contributed by atoms with van der Waals surface area (Å²) in [6, 6.07) is 0.685. The van der Waals surface area contributed by atoms with Crippen LogP contribution in [0.2, 0.25) is 5.02 Å². The van der Waals surface area contributed by atoms with Gasteiger partial charge in [-0.05, 0) is 66.7 Å². The minimum atomic E-state index is -4.69. The van der Waals surface area contributed by atoms with Crippen LogP contribution in [-0.2, 0) is 37.3 Å². The molecule has 29 heteroatoms. The highest BCUT2D eigenvalue weighted by Gasteiger charge is 2.39. The van der Waals surface area contributed by atoms with E-state index >= 15 is 0 Å². The van der Waals surface area contributed by atoms with E-state index < -0.39 is 85.4 Å². The minimum absolute atomic E-state index is 0.0412. The predicted molar refractivity (Wildman–Crippen MR) is 209 cm³/mol. The number of ether oxygens (including phenoxy) is 2. The van der Waals surface area contributed by atoms with Gasteiger partial charge in [-0.1, -0.05) is 11.6 Å². The average molecular weight is 998 g/mol. The number of aromatic nitrogens is 5. The fourth-order valence-electron chi connectivity index (χ4n) is 4.22. The zero-order chi connectivity index (χ0) is 46.1. The number of carbonyl (C=O) groups is 4. The molecule has 0 saturated heterocycles. The summed E-state index contributed by atoms with van der Waals surface area (Å²) in [5, 5.41) is 24.1. The van der Waals surface area contributed by atoms with Crippen molar-refractivity contribution in [2.75, 3.05) is 25.3 Å². The molecule has 2 atom stereocenters. The smallest absolute Gasteiger partial charge is 0.434 e. The van der Waals surface area contributed by atoms with Gasteiger partial charge in [0.25, 0.3) is 10.0 Å². The monoisotopic (exact) mass is 996 g/mol. The number of esters is 1. The number of amides is 2. The lowest BCUT2D eigenvalue weighted by molar-refractivity contribution is -0.144. The lowest BCUT2D eigenvalue weighted by Gasteiger charge is -2.11. The quantitative estimate of drug-likeness (QED) is 0.0590. The summed E-state index contributed by atoms with van der Waals surface area (Å²) in [6.45, 7) is 5.93. The Hall–Kier alpha value is -4.79. The Morgan fingerprint density at radius 2 is 1.77 bits per heavy atom. The minimum Gasteiger partial charge on any atom is -0.480 e. The summed E-state index contributed by atoms with van der Waals surface area (Å²) in [4.78, 5) is 64.1. The molecule has 4 rings (SSSR count). The molecule has 0 bridgehead atoms. The lowest BCUT2D eigenvalue weighted by atomic mass is 10.1. The number of nitrogens with zero attached hydrogens (tertiary/aromatic N) is 5. The van der Waals surface area contributed by atoms with E-state index in [0.717, 1.165) is 36.6 Å². The molecule has 0 aliphatic carbocycles. The van der Waals surface area contributed by atoms with Crippen LogP contribution in [0.4, 0.5) is 28.3 Å². The highest BCUT2D eigenvalue weighted by molar-refractivity contribution is 9.10. The zero-order valence-electron chi connectivity index (χ0n) is 31.7. The summed E-state index contributed by atoms with van der Waals surface area (Å²) in [5.74, 6) is -4.27. The van der Waals surface area contributed by atoms with Gasteiger partial charge in [0, 0.05) is 25.4 Å². The molecule has 0 fully saturated rings. The average Bonchev–Trinajstić information content (AvgIpc) is 3.71. The molecule has 330 valence electrons. The summed E-state index contributed by atoms with van der Waals surface area (Å²) >= 11 is 9.39. The third-order valence-electron chi connectivity index (χ3n) is 6.78. The largest absolute Gasteiger partial charge is 0.480 e. The van der Waals surface area contributed by atoms with E-state index in [9.17, 15) is 49.7 Å². The Bertz CT molecular complexity index is 2400. The third kappa shape index (κ3) is 15.0. The van der Waals surface area contributed by atoms with Crippen molar-refractivity contribution in [2.45, 2.75) is 50.4 Å². The summed E-state index contributed by atoms with van der Waals surface area (Å²) in [6.07, 6.45) is -5.14. The van der Waals surface area contributed by atoms with Gasteiger partial charge in [0.1, 0.15) is 33.2 Å². The number of nitrogens with one attached hydrogen (secondary N) is 2. The van der Waals surface area contributed by atoms with Gasteiger partial charge in [-0.15, -0.1) is 11.3 Å². The molecular weight excluding hydrogens is 963 g/mol. The number of carboxylic acid groups (broad SMARTS) is 2. The van der Waals surface area contributed by atoms with Crippen LogP contribution >= 0.6 is 46.2 Å². The molecule has 0 saturated carbocycles. The molecule has 2 amide bonds. The van der Waals surface area contributed by atoms with Gasteiger partial charge in [-0.25, -0.2) is 31.9 Å². The number of thiophene rings is 1. The van der Waals surface area contributed by atoms with Crippen molar-refractivity contribution in [2.24, 2.45) is 12.8 Å². The van der Waals surface area contributed by atoms with Gasteiger partial charge in [-0.2, -0.15) is 33.2 Å². The molecule has 0 aliphatic heterocycles. The number of hydrogen-bond donors (Lipinski definition) is 6. The number of benzene rings is 1. The maximum absolute atomic E-state index is 14.3. The van der Waals surface area contributed by atoms with Crippen molar-refractivity contribution in [3.05, 3.63) is 60.9 Å². The van der Waals surface area contributed by atoms with Gasteiger partial charge in [0.05, 0.1) is 28.3 Å². The third-order valence-corrected chi connectivity index (χ3v) is 11.3. The van der Waals surface area contributed by atoms with Crippen LogP contribution in [0.3, 0.4) is 0 Å². The van der Waals surface area contributed by atoms with Gasteiger partial charge in [-0.3, -0.25) is 19.4 Å². The Kier molecular flexibility index (Phi) is 18.1. The number of carbonyl (C=O) groups excluding carboxylic acids is 2. The van der Waals surface area contributed by atoms with Crippen LogP contribution < -0.4 is 20.5 Å². The van der Waals surface area contributed by atoms with Crippen LogP contribution in [0.25, 0.3) is 11.3 Å². The topological polar surface area (TPSA) is 305 Å². The van der Waals surface area contributed by atoms with Crippen molar-refractivity contribution in [1.82, 2.24) is 29.5 Å². The van der Waals surface area contributed by atoms with Crippen molar-refractivity contribution >= 4 is 86.1 Å². The summed E-state index contributed by atoms with van der Waals surface area (Å²) in [5.41, 5.74) is 3.23. The predicted octanol–water partition coefficient (Wildman–Crippen LogP) is 5.37. The van der Waals surface area contributed by atoms with Gasteiger partial charge >= 0.3 is 36.1 Å². The Morgan fingerprint density at radius 3 is 2.27 bits per heavy atom. The Morgan fingerprint density at radius 1 is 1.15 bits per heavy atom. The van der Waals surface area contributed by atoms with Crippen molar-refractivity contribution in [1.29, 1.82) is 0 Å². The van der Waals surface area contributed by atoms with Crippen LogP contribution in [0, 0.1) is 12.7 Å². The molecule has 7 N–H and O–H groups in total. The number of aromatic carboxylic acids is 1. The molecule has 0 radical (unpaired) electrons. The van der Waals surface area contributed by atoms with Crippen molar-refractivity contribution < 1.29 is 74.3 Å². The van der Waals surface area contributed by atoms with E-state index in [0.29, 0.717) is 4.68 Å². The van der Waals surface area contributed by atoms with Crippen LogP contribution in [0.15, 0.2) is 32.9 Å². The molecule has 4 aromatic rings. The molecule has 20 nitrogen and oxygen atoms in total. The van der Waals surface area contributed by atoms with Crippen LogP contribution in [0.1, 0.15) is 51.8 Å². The van der Waals surface area contributed by atoms with E-state index in [1.54, 1.807) is 18.6 Å². The van der Waals surface area contributed by atoms with Crippen LogP contribution in [0.5, 0.6) is 6.01 Å². The van der Waals surface area contributed by atoms with E-state index in [-0.39, 0.29) is 52.2 Å². The second-order valence-corrected chi connectivity index (χ2v) is 18.4. The first-order chi connectivity index (χ1) is 27.5. The number of urea groups is 1. The molecule has 0 aliphatic rings. The first-order valence-electron chi connectivity index (χ1n) is 16.2. The normalized spacial score (nSPS) is 12.8. The summed E-state index contributed by atoms with van der Waals surface area (Å²) < 4.78 is 100.0. The second-order valence-electron chi connectivity index (χ2n) is 12.1. The number of anilines is 1. The maximum Gasteiger partial charge on any atom is 0.434 e. The molecule has 3 heterocycles. The number of aliphatic carboxylic acids is 1. The highest BCUT2D eigenvalue weighted by atomic mass is 79.9. The van der Waals surface area contributed by atoms with Crippen LogP contribution in [-0.4, -0.2) is 104 Å². The fraction of sp³-hybridized carbons (Fsp3) is 0.355. The number of rotatable bonds is 12. The SMILES string of the molecule is CC(C)OC(=O)c1cc(-c2nn(C)c(C(F)(F)F)c2Br)c(F)cc1Cl.COc1nc(C)nc(NC(=O)NS(=O)(=O)c2ccsc2C(=O)O)n1.CP(=O)(O)CCC(N)C(=O)O. The number of alkyl halides is 3.